The van der Waals surface area contributed by atoms with E-state index in [1.807, 2.05) is 6.07 Å². The fourth-order valence-corrected chi connectivity index (χ4v) is 1.46. The zero-order chi connectivity index (χ0) is 13.0. The van der Waals surface area contributed by atoms with Crippen LogP contribution in [0.15, 0.2) is 30.6 Å². The Labute approximate surface area is 104 Å². The van der Waals surface area contributed by atoms with E-state index in [2.05, 4.69) is 15.4 Å². The molecule has 6 nitrogen and oxygen atoms in total. The van der Waals surface area contributed by atoms with Crippen molar-refractivity contribution in [3.63, 3.8) is 0 Å². The van der Waals surface area contributed by atoms with E-state index < -0.39 is 0 Å². The van der Waals surface area contributed by atoms with Crippen molar-refractivity contribution in [2.45, 2.75) is 6.54 Å². The summed E-state index contributed by atoms with van der Waals surface area (Å²) in [4.78, 5) is 15.8. The largest absolute Gasteiger partial charge is 0.345 e. The van der Waals surface area contributed by atoms with E-state index in [1.54, 1.807) is 42.3 Å². The fraction of sp³-hybridized carbons (Fsp3) is 0.167. The zero-order valence-corrected chi connectivity index (χ0v) is 9.79. The van der Waals surface area contributed by atoms with E-state index >= 15 is 0 Å². The minimum atomic E-state index is -0.250. The Morgan fingerprint density at radius 3 is 3.06 bits per heavy atom. The van der Waals surface area contributed by atoms with Gasteiger partial charge in [-0.05, 0) is 18.2 Å². The first-order chi connectivity index (χ1) is 8.69. The van der Waals surface area contributed by atoms with Crippen LogP contribution in [0, 0.1) is 11.3 Å². The first kappa shape index (κ1) is 11.8. The molecule has 2 aromatic rings. The average molecular weight is 241 g/mol. The molecule has 0 aliphatic rings. The van der Waals surface area contributed by atoms with E-state index in [0.717, 1.165) is 0 Å². The lowest BCUT2D eigenvalue weighted by Crippen LogP contribution is -2.23. The van der Waals surface area contributed by atoms with E-state index in [9.17, 15) is 4.79 Å². The Morgan fingerprint density at radius 2 is 2.39 bits per heavy atom. The molecule has 0 unspecified atom stereocenters. The highest BCUT2D eigenvalue weighted by atomic mass is 16.1. The van der Waals surface area contributed by atoms with Crippen molar-refractivity contribution >= 4 is 5.91 Å². The van der Waals surface area contributed by atoms with Gasteiger partial charge in [0.1, 0.15) is 6.33 Å². The van der Waals surface area contributed by atoms with Gasteiger partial charge in [-0.25, -0.2) is 4.98 Å². The van der Waals surface area contributed by atoms with E-state index in [4.69, 9.17) is 5.26 Å². The lowest BCUT2D eigenvalue weighted by atomic mass is 10.1. The summed E-state index contributed by atoms with van der Waals surface area (Å²) in [5, 5.41) is 15.5. The van der Waals surface area contributed by atoms with Crippen molar-refractivity contribution in [1.82, 2.24) is 20.1 Å². The summed E-state index contributed by atoms with van der Waals surface area (Å²) in [7, 11) is 1.76. The van der Waals surface area contributed by atoms with Gasteiger partial charge in [-0.1, -0.05) is 6.07 Å². The molecular formula is C12H11N5O. The third-order valence-corrected chi connectivity index (χ3v) is 2.31. The van der Waals surface area contributed by atoms with Gasteiger partial charge < -0.3 is 5.32 Å². The molecule has 0 spiro atoms. The predicted octanol–water partition coefficient (Wildman–Crippen LogP) is 0.617. The number of amides is 1. The molecule has 1 heterocycles. The Bertz CT molecular complexity index is 611. The highest BCUT2D eigenvalue weighted by Crippen LogP contribution is 2.04. The molecule has 1 N–H and O–H groups in total. The summed E-state index contributed by atoms with van der Waals surface area (Å²) in [5.41, 5.74) is 0.906. The third-order valence-electron chi connectivity index (χ3n) is 2.31. The Morgan fingerprint density at radius 1 is 1.56 bits per heavy atom. The summed E-state index contributed by atoms with van der Waals surface area (Å²) in [5.74, 6) is 0.293. The second-order valence-electron chi connectivity index (χ2n) is 3.71. The molecule has 0 radical (unpaired) electrons. The monoisotopic (exact) mass is 241 g/mol. The van der Waals surface area contributed by atoms with Gasteiger partial charge in [0.25, 0.3) is 5.91 Å². The molecule has 0 aliphatic heterocycles. The molecule has 1 amide bonds. The molecule has 0 saturated heterocycles. The van der Waals surface area contributed by atoms with Gasteiger partial charge in [-0.3, -0.25) is 9.48 Å². The quantitative estimate of drug-likeness (QED) is 0.853. The van der Waals surface area contributed by atoms with Crippen molar-refractivity contribution in [2.24, 2.45) is 7.05 Å². The molecule has 6 heteroatoms. The molecular weight excluding hydrogens is 230 g/mol. The smallest absolute Gasteiger partial charge is 0.251 e. The van der Waals surface area contributed by atoms with Crippen molar-refractivity contribution in [1.29, 1.82) is 5.26 Å². The highest BCUT2D eigenvalue weighted by Gasteiger charge is 2.07. The maximum Gasteiger partial charge on any atom is 0.251 e. The van der Waals surface area contributed by atoms with Gasteiger partial charge in [0, 0.05) is 12.6 Å². The van der Waals surface area contributed by atoms with E-state index in [1.165, 1.54) is 0 Å². The topological polar surface area (TPSA) is 83.6 Å². The minimum absolute atomic E-state index is 0.250. The fourth-order valence-electron chi connectivity index (χ4n) is 1.46. The second-order valence-corrected chi connectivity index (χ2v) is 3.71. The lowest BCUT2D eigenvalue weighted by Gasteiger charge is -2.02. The number of rotatable bonds is 3. The van der Waals surface area contributed by atoms with Crippen molar-refractivity contribution in [3.05, 3.63) is 47.5 Å². The molecule has 0 aliphatic carbocycles. The van der Waals surface area contributed by atoms with E-state index in [0.29, 0.717) is 17.0 Å². The first-order valence-electron chi connectivity index (χ1n) is 5.32. The second kappa shape index (κ2) is 5.10. The number of carbonyl (C=O) groups excluding carboxylic acids is 1. The van der Waals surface area contributed by atoms with Crippen molar-refractivity contribution in [2.75, 3.05) is 0 Å². The average Bonchev–Trinajstić information content (AvgIpc) is 2.82. The standard InChI is InChI=1S/C12H11N5O/c1-17-8-15-11(16-17)7-14-12(18)10-4-2-3-9(5-10)6-13/h2-5,8H,7H2,1H3,(H,14,18). The van der Waals surface area contributed by atoms with Crippen LogP contribution in [0.2, 0.25) is 0 Å². The zero-order valence-electron chi connectivity index (χ0n) is 9.79. The summed E-state index contributed by atoms with van der Waals surface area (Å²) in [6.45, 7) is 0.260. The number of nitriles is 1. The van der Waals surface area contributed by atoms with Gasteiger partial charge >= 0.3 is 0 Å². The molecule has 0 atom stereocenters. The molecule has 1 aromatic carbocycles. The summed E-state index contributed by atoms with van der Waals surface area (Å²) in [6.07, 6.45) is 1.57. The molecule has 0 bridgehead atoms. The molecule has 18 heavy (non-hydrogen) atoms. The summed E-state index contributed by atoms with van der Waals surface area (Å²) >= 11 is 0. The minimum Gasteiger partial charge on any atom is -0.345 e. The molecule has 1 aromatic heterocycles. The number of benzene rings is 1. The Balaban J connectivity index is 2.01. The van der Waals surface area contributed by atoms with E-state index in [-0.39, 0.29) is 12.5 Å². The third kappa shape index (κ3) is 2.71. The number of carbonyl (C=O) groups is 1. The van der Waals surface area contributed by atoms with Crippen LogP contribution in [0.25, 0.3) is 0 Å². The van der Waals surface area contributed by atoms with Crippen LogP contribution in [0.3, 0.4) is 0 Å². The van der Waals surface area contributed by atoms with Crippen LogP contribution in [0.4, 0.5) is 0 Å². The number of nitrogens with one attached hydrogen (secondary N) is 1. The van der Waals surface area contributed by atoms with Crippen LogP contribution in [-0.4, -0.2) is 20.7 Å². The Hall–Kier alpha value is -2.68. The molecule has 2 rings (SSSR count). The molecule has 0 fully saturated rings. The van der Waals surface area contributed by atoms with Gasteiger partial charge in [0.05, 0.1) is 18.2 Å². The van der Waals surface area contributed by atoms with Crippen molar-refractivity contribution < 1.29 is 4.79 Å². The van der Waals surface area contributed by atoms with Crippen LogP contribution < -0.4 is 5.32 Å². The number of aryl methyl sites for hydroxylation is 1. The van der Waals surface area contributed by atoms with Gasteiger partial charge in [-0.2, -0.15) is 10.4 Å². The number of nitrogens with zero attached hydrogens (tertiary/aromatic N) is 4. The summed E-state index contributed by atoms with van der Waals surface area (Å²) < 4.78 is 1.57. The first-order valence-corrected chi connectivity index (χ1v) is 5.32. The van der Waals surface area contributed by atoms with Crippen LogP contribution in [-0.2, 0) is 13.6 Å². The predicted molar refractivity (Wildman–Crippen MR) is 63.3 cm³/mol. The van der Waals surface area contributed by atoms with Gasteiger partial charge in [-0.15, -0.1) is 0 Å². The lowest BCUT2D eigenvalue weighted by molar-refractivity contribution is 0.0950. The number of hydrogen-bond acceptors (Lipinski definition) is 4. The van der Waals surface area contributed by atoms with Crippen molar-refractivity contribution in [3.8, 4) is 6.07 Å². The van der Waals surface area contributed by atoms with Crippen LogP contribution >= 0.6 is 0 Å². The van der Waals surface area contributed by atoms with Gasteiger partial charge in [0.2, 0.25) is 0 Å². The highest BCUT2D eigenvalue weighted by molar-refractivity contribution is 5.94. The number of hydrogen-bond donors (Lipinski definition) is 1. The normalized spacial score (nSPS) is 9.78. The van der Waals surface area contributed by atoms with Gasteiger partial charge in [0.15, 0.2) is 5.82 Å². The van der Waals surface area contributed by atoms with Crippen LogP contribution in [0.5, 0.6) is 0 Å². The Kier molecular flexibility index (Phi) is 3.34. The molecule has 0 saturated carbocycles. The maximum atomic E-state index is 11.8. The number of aromatic nitrogens is 3. The SMILES string of the molecule is Cn1cnc(CNC(=O)c2cccc(C#N)c2)n1. The summed E-state index contributed by atoms with van der Waals surface area (Å²) in [6, 6.07) is 8.51. The molecule has 90 valence electrons. The maximum absolute atomic E-state index is 11.8. The van der Waals surface area contributed by atoms with Crippen LogP contribution in [0.1, 0.15) is 21.7 Å².